The molecule has 0 aliphatic carbocycles. The van der Waals surface area contributed by atoms with E-state index in [2.05, 4.69) is 20.5 Å². The molecule has 0 bridgehead atoms. The van der Waals surface area contributed by atoms with Gasteiger partial charge in [-0.1, -0.05) is 6.07 Å². The number of benzene rings is 1. The number of hydrogen-bond acceptors (Lipinski definition) is 6. The van der Waals surface area contributed by atoms with Crippen LogP contribution in [-0.4, -0.2) is 57.7 Å². The van der Waals surface area contributed by atoms with E-state index in [1.807, 2.05) is 18.2 Å². The standard InChI is InChI=1S/C22H30N4O4.HI/c1-23-22(24-14-16-8-9-19(28-2)17(13-16)21(27)29-3)25-15-18(20-7-6-12-30-20)26-10-4-5-11-26;/h6-9,12-13,18H,4-5,10-11,14-15H2,1-3H3,(H2,23,24,25);1H. The summed E-state index contributed by atoms with van der Waals surface area (Å²) < 4.78 is 15.8. The van der Waals surface area contributed by atoms with Gasteiger partial charge in [0.25, 0.3) is 0 Å². The second-order valence-corrected chi connectivity index (χ2v) is 7.11. The number of nitrogens with zero attached hydrogens (tertiary/aromatic N) is 2. The molecule has 0 radical (unpaired) electrons. The van der Waals surface area contributed by atoms with Gasteiger partial charge in [-0.3, -0.25) is 9.89 Å². The molecule has 2 aromatic rings. The number of methoxy groups -OCH3 is 2. The van der Waals surface area contributed by atoms with Gasteiger partial charge in [0.15, 0.2) is 5.96 Å². The second kappa shape index (κ2) is 12.6. The number of halogens is 1. The topological polar surface area (TPSA) is 88.3 Å². The molecule has 31 heavy (non-hydrogen) atoms. The van der Waals surface area contributed by atoms with Crippen LogP contribution in [0.4, 0.5) is 0 Å². The summed E-state index contributed by atoms with van der Waals surface area (Å²) in [6.07, 6.45) is 4.14. The third kappa shape index (κ3) is 6.60. The minimum absolute atomic E-state index is 0. The molecule has 1 unspecified atom stereocenters. The third-order valence-electron chi connectivity index (χ3n) is 5.27. The fourth-order valence-corrected chi connectivity index (χ4v) is 3.68. The number of rotatable bonds is 8. The quantitative estimate of drug-likeness (QED) is 0.229. The molecule has 1 saturated heterocycles. The smallest absolute Gasteiger partial charge is 0.341 e. The predicted molar refractivity (Wildman–Crippen MR) is 130 cm³/mol. The van der Waals surface area contributed by atoms with Crippen molar-refractivity contribution >= 4 is 35.9 Å². The van der Waals surface area contributed by atoms with E-state index < -0.39 is 5.97 Å². The van der Waals surface area contributed by atoms with E-state index >= 15 is 0 Å². The normalized spacial score (nSPS) is 15.1. The number of carbonyl (C=O) groups is 1. The molecule has 2 heterocycles. The molecule has 9 heteroatoms. The molecule has 0 spiro atoms. The van der Waals surface area contributed by atoms with Crippen molar-refractivity contribution in [2.45, 2.75) is 25.4 Å². The molecule has 0 saturated carbocycles. The highest BCUT2D eigenvalue weighted by Gasteiger charge is 2.25. The summed E-state index contributed by atoms with van der Waals surface area (Å²) in [6, 6.07) is 9.54. The van der Waals surface area contributed by atoms with Crippen LogP contribution in [0.2, 0.25) is 0 Å². The van der Waals surface area contributed by atoms with Crippen molar-refractivity contribution in [3.63, 3.8) is 0 Å². The maximum Gasteiger partial charge on any atom is 0.341 e. The average molecular weight is 542 g/mol. The maximum absolute atomic E-state index is 12.0. The zero-order valence-corrected chi connectivity index (χ0v) is 20.6. The fourth-order valence-electron chi connectivity index (χ4n) is 3.68. The van der Waals surface area contributed by atoms with E-state index in [1.165, 1.54) is 27.1 Å². The number of aliphatic imine (C=N–C) groups is 1. The second-order valence-electron chi connectivity index (χ2n) is 7.11. The molecule has 8 nitrogen and oxygen atoms in total. The zero-order chi connectivity index (χ0) is 21.3. The van der Waals surface area contributed by atoms with Gasteiger partial charge in [-0.05, 0) is 55.8 Å². The molecular formula is C22H31IN4O4. The first-order chi connectivity index (χ1) is 14.7. The van der Waals surface area contributed by atoms with E-state index in [4.69, 9.17) is 13.9 Å². The van der Waals surface area contributed by atoms with Gasteiger partial charge in [0, 0.05) is 20.1 Å². The van der Waals surface area contributed by atoms with Crippen LogP contribution in [0, 0.1) is 0 Å². The van der Waals surface area contributed by atoms with Crippen LogP contribution in [-0.2, 0) is 11.3 Å². The molecule has 3 rings (SSSR count). The van der Waals surface area contributed by atoms with Crippen LogP contribution >= 0.6 is 24.0 Å². The number of likely N-dealkylation sites (tertiary alicyclic amines) is 1. The van der Waals surface area contributed by atoms with Crippen molar-refractivity contribution in [2.75, 3.05) is 40.9 Å². The molecule has 1 aromatic carbocycles. The first-order valence-electron chi connectivity index (χ1n) is 10.1. The van der Waals surface area contributed by atoms with Gasteiger partial charge >= 0.3 is 5.97 Å². The lowest BCUT2D eigenvalue weighted by Gasteiger charge is -2.26. The number of ether oxygens (including phenoxy) is 2. The van der Waals surface area contributed by atoms with E-state index in [0.717, 1.165) is 24.4 Å². The van der Waals surface area contributed by atoms with Crippen molar-refractivity contribution in [2.24, 2.45) is 4.99 Å². The van der Waals surface area contributed by atoms with Gasteiger partial charge in [0.2, 0.25) is 0 Å². The van der Waals surface area contributed by atoms with Crippen molar-refractivity contribution in [1.29, 1.82) is 0 Å². The Labute approximate surface area is 200 Å². The summed E-state index contributed by atoms with van der Waals surface area (Å²) >= 11 is 0. The number of guanidine groups is 1. The Kier molecular flexibility index (Phi) is 10.1. The summed E-state index contributed by atoms with van der Waals surface area (Å²) in [5.74, 6) is 1.70. The highest BCUT2D eigenvalue weighted by molar-refractivity contribution is 14.0. The number of furan rings is 1. The number of carbonyl (C=O) groups excluding carboxylic acids is 1. The SMILES string of the molecule is CN=C(NCc1ccc(OC)c(C(=O)OC)c1)NCC(c1ccco1)N1CCCC1.I. The van der Waals surface area contributed by atoms with Crippen LogP contribution in [0.25, 0.3) is 0 Å². The Morgan fingerprint density at radius 3 is 2.61 bits per heavy atom. The monoisotopic (exact) mass is 542 g/mol. The van der Waals surface area contributed by atoms with Crippen LogP contribution in [0.15, 0.2) is 46.0 Å². The Morgan fingerprint density at radius 1 is 1.23 bits per heavy atom. The fraction of sp³-hybridized carbons (Fsp3) is 0.455. The molecule has 1 aromatic heterocycles. The van der Waals surface area contributed by atoms with Gasteiger partial charge < -0.3 is 24.5 Å². The molecule has 1 aliphatic rings. The minimum Gasteiger partial charge on any atom is -0.496 e. The Balaban J connectivity index is 0.00000341. The average Bonchev–Trinajstić information content (AvgIpc) is 3.50. The van der Waals surface area contributed by atoms with Crippen molar-refractivity contribution in [3.05, 3.63) is 53.5 Å². The number of esters is 1. The molecule has 170 valence electrons. The van der Waals surface area contributed by atoms with E-state index in [9.17, 15) is 4.79 Å². The largest absolute Gasteiger partial charge is 0.496 e. The van der Waals surface area contributed by atoms with E-state index in [1.54, 1.807) is 25.4 Å². The van der Waals surface area contributed by atoms with E-state index in [-0.39, 0.29) is 30.0 Å². The molecule has 1 aliphatic heterocycles. The summed E-state index contributed by atoms with van der Waals surface area (Å²) in [5.41, 5.74) is 1.32. The lowest BCUT2D eigenvalue weighted by molar-refractivity contribution is 0.0597. The van der Waals surface area contributed by atoms with Crippen molar-refractivity contribution in [1.82, 2.24) is 15.5 Å². The Hall–Kier alpha value is -2.27. The highest BCUT2D eigenvalue weighted by Crippen LogP contribution is 2.25. The highest BCUT2D eigenvalue weighted by atomic mass is 127. The zero-order valence-electron chi connectivity index (χ0n) is 18.2. The van der Waals surface area contributed by atoms with Gasteiger partial charge in [-0.2, -0.15) is 0 Å². The summed E-state index contributed by atoms with van der Waals surface area (Å²) in [7, 11) is 4.62. The first kappa shape index (κ1) is 25.0. The van der Waals surface area contributed by atoms with Crippen LogP contribution in [0.1, 0.15) is 40.6 Å². The lowest BCUT2D eigenvalue weighted by atomic mass is 10.1. The van der Waals surface area contributed by atoms with Crippen molar-refractivity contribution < 1.29 is 18.7 Å². The van der Waals surface area contributed by atoms with Gasteiger partial charge in [-0.25, -0.2) is 4.79 Å². The summed E-state index contributed by atoms with van der Waals surface area (Å²) in [5, 5.41) is 6.69. The van der Waals surface area contributed by atoms with Crippen LogP contribution in [0.5, 0.6) is 5.75 Å². The lowest BCUT2D eigenvalue weighted by Crippen LogP contribution is -2.42. The molecule has 0 amide bonds. The van der Waals surface area contributed by atoms with Gasteiger partial charge in [-0.15, -0.1) is 24.0 Å². The van der Waals surface area contributed by atoms with Gasteiger partial charge in [0.05, 0.1) is 26.5 Å². The minimum atomic E-state index is -0.428. The third-order valence-corrected chi connectivity index (χ3v) is 5.27. The Bertz CT molecular complexity index is 851. The van der Waals surface area contributed by atoms with Crippen LogP contribution < -0.4 is 15.4 Å². The van der Waals surface area contributed by atoms with Crippen LogP contribution in [0.3, 0.4) is 0 Å². The summed E-state index contributed by atoms with van der Waals surface area (Å²) in [6.45, 7) is 3.33. The predicted octanol–water partition coefficient (Wildman–Crippen LogP) is 3.19. The number of hydrogen-bond donors (Lipinski definition) is 2. The molecule has 1 atom stereocenters. The molecular weight excluding hydrogens is 511 g/mol. The van der Waals surface area contributed by atoms with E-state index in [0.29, 0.717) is 30.4 Å². The summed E-state index contributed by atoms with van der Waals surface area (Å²) in [4.78, 5) is 18.7. The Morgan fingerprint density at radius 2 is 2.00 bits per heavy atom. The molecule has 1 fully saturated rings. The first-order valence-corrected chi connectivity index (χ1v) is 10.1. The molecule has 2 N–H and O–H groups in total. The van der Waals surface area contributed by atoms with Crippen molar-refractivity contribution in [3.8, 4) is 5.75 Å². The maximum atomic E-state index is 12.0. The number of nitrogens with one attached hydrogen (secondary N) is 2. The van der Waals surface area contributed by atoms with Gasteiger partial charge in [0.1, 0.15) is 17.1 Å².